The van der Waals surface area contributed by atoms with Gasteiger partial charge >= 0.3 is 0 Å². The van der Waals surface area contributed by atoms with Crippen LogP contribution in [0.1, 0.15) is 40.6 Å². The second kappa shape index (κ2) is 9.13. The highest BCUT2D eigenvalue weighted by Gasteiger charge is 2.14. The van der Waals surface area contributed by atoms with Gasteiger partial charge in [0.1, 0.15) is 17.8 Å². The molecule has 0 unspecified atom stereocenters. The molecule has 3 aromatic heterocycles. The van der Waals surface area contributed by atoms with E-state index in [2.05, 4.69) is 36.0 Å². The first-order valence-corrected chi connectivity index (χ1v) is 9.88. The molecular formula is C22H20N8O2. The van der Waals surface area contributed by atoms with Gasteiger partial charge in [-0.1, -0.05) is 12.1 Å². The Labute approximate surface area is 183 Å². The van der Waals surface area contributed by atoms with E-state index in [1.807, 2.05) is 18.4 Å². The van der Waals surface area contributed by atoms with Crippen molar-refractivity contribution in [1.29, 1.82) is 0 Å². The van der Waals surface area contributed by atoms with Gasteiger partial charge in [0.15, 0.2) is 11.6 Å². The van der Waals surface area contributed by atoms with Gasteiger partial charge in [0, 0.05) is 23.4 Å². The number of aromatic nitrogens is 6. The van der Waals surface area contributed by atoms with Crippen molar-refractivity contribution in [2.24, 2.45) is 0 Å². The largest absolute Gasteiger partial charge is 0.310 e. The number of pyridine rings is 1. The van der Waals surface area contributed by atoms with E-state index in [0.717, 1.165) is 0 Å². The summed E-state index contributed by atoms with van der Waals surface area (Å²) in [6.07, 6.45) is 3.15. The Morgan fingerprint density at radius 2 is 1.53 bits per heavy atom. The van der Waals surface area contributed by atoms with E-state index in [1.54, 1.807) is 54.9 Å². The first-order valence-electron chi connectivity index (χ1n) is 9.88. The summed E-state index contributed by atoms with van der Waals surface area (Å²) in [6, 6.07) is 15.1. The van der Waals surface area contributed by atoms with Crippen LogP contribution < -0.4 is 10.6 Å². The molecule has 10 heteroatoms. The average molecular weight is 428 g/mol. The van der Waals surface area contributed by atoms with Crippen molar-refractivity contribution in [3.63, 3.8) is 0 Å². The average Bonchev–Trinajstić information content (AvgIpc) is 3.30. The Morgan fingerprint density at radius 3 is 2.22 bits per heavy atom. The Balaban J connectivity index is 1.50. The molecule has 3 heterocycles. The molecule has 0 fully saturated rings. The molecule has 0 bridgehead atoms. The quantitative estimate of drug-likeness (QED) is 0.483. The zero-order valence-corrected chi connectivity index (χ0v) is 17.4. The van der Waals surface area contributed by atoms with E-state index in [0.29, 0.717) is 34.3 Å². The van der Waals surface area contributed by atoms with Gasteiger partial charge in [-0.15, -0.1) is 15.3 Å². The Hall–Kier alpha value is -4.47. The summed E-state index contributed by atoms with van der Waals surface area (Å²) >= 11 is 0. The fourth-order valence-electron chi connectivity index (χ4n) is 2.98. The number of hydrogen-bond donors (Lipinski definition) is 2. The molecule has 4 aromatic rings. The van der Waals surface area contributed by atoms with Crippen LogP contribution in [0.5, 0.6) is 0 Å². The standard InChI is InChI=1S/C22H20N8O2/c1-14(2)30-13-24-29-20(30)17-8-4-9-18(25-17)26-21(31)15-6-3-7-16(12-15)22(32)27-19-10-5-11-23-28-19/h3-14H,1-2H3,(H,25,26,31)(H,27,28,32). The summed E-state index contributed by atoms with van der Waals surface area (Å²) in [4.78, 5) is 29.7. The van der Waals surface area contributed by atoms with Crippen LogP contribution in [0.4, 0.5) is 11.6 Å². The van der Waals surface area contributed by atoms with E-state index >= 15 is 0 Å². The van der Waals surface area contributed by atoms with Gasteiger partial charge in [0.25, 0.3) is 11.8 Å². The third-order valence-corrected chi connectivity index (χ3v) is 4.55. The summed E-state index contributed by atoms with van der Waals surface area (Å²) in [5.74, 6) is 0.504. The molecule has 0 atom stereocenters. The topological polar surface area (TPSA) is 128 Å². The second-order valence-electron chi connectivity index (χ2n) is 7.16. The third-order valence-electron chi connectivity index (χ3n) is 4.55. The first-order chi connectivity index (χ1) is 15.5. The van der Waals surface area contributed by atoms with E-state index in [-0.39, 0.29) is 6.04 Å². The highest BCUT2D eigenvalue weighted by molar-refractivity contribution is 6.08. The van der Waals surface area contributed by atoms with Gasteiger partial charge in [-0.2, -0.15) is 5.10 Å². The lowest BCUT2D eigenvalue weighted by Crippen LogP contribution is -2.16. The van der Waals surface area contributed by atoms with Gasteiger partial charge in [-0.3, -0.25) is 9.59 Å². The number of hydrogen-bond acceptors (Lipinski definition) is 7. The maximum absolute atomic E-state index is 12.8. The van der Waals surface area contributed by atoms with Gasteiger partial charge in [0.2, 0.25) is 0 Å². The van der Waals surface area contributed by atoms with Crippen LogP contribution in [0.2, 0.25) is 0 Å². The number of nitrogens with one attached hydrogen (secondary N) is 2. The minimum absolute atomic E-state index is 0.163. The normalized spacial score (nSPS) is 10.7. The van der Waals surface area contributed by atoms with Crippen molar-refractivity contribution in [1.82, 2.24) is 29.9 Å². The van der Waals surface area contributed by atoms with Crippen molar-refractivity contribution >= 4 is 23.5 Å². The minimum atomic E-state index is -0.395. The predicted octanol–water partition coefficient (Wildman–Crippen LogP) is 3.22. The minimum Gasteiger partial charge on any atom is -0.310 e. The molecule has 0 saturated carbocycles. The summed E-state index contributed by atoms with van der Waals surface area (Å²) in [5, 5.41) is 21.0. The molecular weight excluding hydrogens is 408 g/mol. The van der Waals surface area contributed by atoms with Crippen LogP contribution in [-0.2, 0) is 0 Å². The fourth-order valence-corrected chi connectivity index (χ4v) is 2.98. The fraction of sp³-hybridized carbons (Fsp3) is 0.136. The highest BCUT2D eigenvalue weighted by atomic mass is 16.2. The van der Waals surface area contributed by atoms with Crippen LogP contribution in [0.15, 0.2) is 67.1 Å². The lowest BCUT2D eigenvalue weighted by atomic mass is 10.1. The number of carbonyl (C=O) groups is 2. The maximum Gasteiger partial charge on any atom is 0.256 e. The lowest BCUT2D eigenvalue weighted by Gasteiger charge is -2.11. The molecule has 0 aliphatic rings. The van der Waals surface area contributed by atoms with Gasteiger partial charge < -0.3 is 15.2 Å². The highest BCUT2D eigenvalue weighted by Crippen LogP contribution is 2.20. The van der Waals surface area contributed by atoms with Gasteiger partial charge in [-0.25, -0.2) is 4.98 Å². The molecule has 2 N–H and O–H groups in total. The number of anilines is 2. The van der Waals surface area contributed by atoms with E-state index in [1.165, 1.54) is 12.3 Å². The SMILES string of the molecule is CC(C)n1cnnc1-c1cccc(NC(=O)c2cccc(C(=O)Nc3cccnn3)c2)n1. The molecule has 1 aromatic carbocycles. The number of nitrogens with zero attached hydrogens (tertiary/aromatic N) is 6. The molecule has 0 aliphatic heterocycles. The van der Waals surface area contributed by atoms with E-state index < -0.39 is 11.8 Å². The number of amides is 2. The van der Waals surface area contributed by atoms with Crippen molar-refractivity contribution in [3.05, 3.63) is 78.2 Å². The summed E-state index contributed by atoms with van der Waals surface area (Å²) in [5.41, 5.74) is 1.22. The molecule has 0 spiro atoms. The molecule has 0 aliphatic carbocycles. The van der Waals surface area contributed by atoms with Crippen molar-refractivity contribution < 1.29 is 9.59 Å². The van der Waals surface area contributed by atoms with Crippen molar-refractivity contribution in [2.45, 2.75) is 19.9 Å². The molecule has 0 radical (unpaired) electrons. The molecule has 4 rings (SSSR count). The van der Waals surface area contributed by atoms with Crippen molar-refractivity contribution in [2.75, 3.05) is 10.6 Å². The van der Waals surface area contributed by atoms with Crippen LogP contribution in [0.3, 0.4) is 0 Å². The molecule has 10 nitrogen and oxygen atoms in total. The first kappa shape index (κ1) is 20.8. The zero-order valence-electron chi connectivity index (χ0n) is 17.4. The smallest absolute Gasteiger partial charge is 0.256 e. The van der Waals surface area contributed by atoms with Crippen molar-refractivity contribution in [3.8, 4) is 11.5 Å². The van der Waals surface area contributed by atoms with Crippen LogP contribution in [0.25, 0.3) is 11.5 Å². The Morgan fingerprint density at radius 1 is 0.844 bits per heavy atom. The summed E-state index contributed by atoms with van der Waals surface area (Å²) < 4.78 is 1.90. The van der Waals surface area contributed by atoms with Gasteiger partial charge in [0.05, 0.1) is 0 Å². The Bertz CT molecular complexity index is 1250. The number of benzene rings is 1. The molecule has 32 heavy (non-hydrogen) atoms. The summed E-state index contributed by atoms with van der Waals surface area (Å²) in [6.45, 7) is 4.04. The summed E-state index contributed by atoms with van der Waals surface area (Å²) in [7, 11) is 0. The Kier molecular flexibility index (Phi) is 5.93. The van der Waals surface area contributed by atoms with E-state index in [9.17, 15) is 9.59 Å². The van der Waals surface area contributed by atoms with Gasteiger partial charge in [-0.05, 0) is 56.3 Å². The zero-order chi connectivity index (χ0) is 22.5. The lowest BCUT2D eigenvalue weighted by molar-refractivity contribution is 0.102. The maximum atomic E-state index is 12.8. The predicted molar refractivity (Wildman–Crippen MR) is 118 cm³/mol. The second-order valence-corrected chi connectivity index (χ2v) is 7.16. The molecule has 160 valence electrons. The van der Waals surface area contributed by atoms with Crippen LogP contribution >= 0.6 is 0 Å². The van der Waals surface area contributed by atoms with Crippen LogP contribution in [-0.4, -0.2) is 41.8 Å². The molecule has 0 saturated heterocycles. The third kappa shape index (κ3) is 4.64. The molecule has 2 amide bonds. The number of rotatable bonds is 6. The van der Waals surface area contributed by atoms with Crippen LogP contribution in [0, 0.1) is 0 Å². The monoisotopic (exact) mass is 428 g/mol. The van der Waals surface area contributed by atoms with E-state index in [4.69, 9.17) is 0 Å². The number of carbonyl (C=O) groups excluding carboxylic acids is 2.